The molecule has 0 radical (unpaired) electrons. The van der Waals surface area contributed by atoms with Crippen molar-refractivity contribution in [2.75, 3.05) is 19.7 Å². The summed E-state index contributed by atoms with van der Waals surface area (Å²) < 4.78 is 13.4. The van der Waals surface area contributed by atoms with Gasteiger partial charge in [-0.05, 0) is 50.5 Å². The van der Waals surface area contributed by atoms with Crippen molar-refractivity contribution >= 4 is 34.2 Å². The van der Waals surface area contributed by atoms with Crippen LogP contribution in [0.4, 0.5) is 0 Å². The van der Waals surface area contributed by atoms with Crippen LogP contribution in [0.1, 0.15) is 58.8 Å². The Bertz CT molecular complexity index is 1190. The Hall–Kier alpha value is -2.67. The largest absolute Gasteiger partial charge is 0.395 e. The second-order valence-electron chi connectivity index (χ2n) is 9.46. The van der Waals surface area contributed by atoms with Gasteiger partial charge < -0.3 is 19.9 Å². The molecule has 2 aliphatic rings. The number of carbonyl (C=O) groups excluding carboxylic acids is 2. The van der Waals surface area contributed by atoms with Crippen molar-refractivity contribution < 1.29 is 18.9 Å². The van der Waals surface area contributed by atoms with E-state index >= 15 is 0 Å². The number of aromatic nitrogens is 1. The number of aliphatic hydroxyl groups excluding tert-OH is 1. The molecule has 1 aliphatic heterocycles. The fourth-order valence-corrected chi connectivity index (χ4v) is 6.48. The smallest absolute Gasteiger partial charge is 0.271 e. The van der Waals surface area contributed by atoms with E-state index < -0.39 is 20.3 Å². The van der Waals surface area contributed by atoms with Crippen LogP contribution < -0.4 is 5.32 Å². The molecule has 1 aromatic carbocycles. The molecule has 10 heteroatoms. The Labute approximate surface area is 206 Å². The molecule has 1 atom stereocenters. The summed E-state index contributed by atoms with van der Waals surface area (Å²) in [5.41, 5.74) is 1.47. The minimum atomic E-state index is -1.32. The number of nitrogens with zero attached hydrogens (tertiary/aromatic N) is 3. The minimum Gasteiger partial charge on any atom is -0.395 e. The second-order valence-corrected chi connectivity index (χ2v) is 12.4. The molecule has 1 aromatic heterocycles. The second kappa shape index (κ2) is 9.17. The number of rotatable bonds is 8. The molecule has 180 valence electrons. The van der Waals surface area contributed by atoms with E-state index in [9.17, 15) is 24.2 Å². The van der Waals surface area contributed by atoms with E-state index in [1.807, 2.05) is 18.2 Å². The van der Waals surface area contributed by atoms with E-state index in [1.54, 1.807) is 35.4 Å². The van der Waals surface area contributed by atoms with Gasteiger partial charge in [-0.15, -0.1) is 0 Å². The first kappa shape index (κ1) is 24.5. The molecule has 0 spiro atoms. The Morgan fingerprint density at radius 3 is 2.56 bits per heavy atom. The van der Waals surface area contributed by atoms with Gasteiger partial charge in [0, 0.05) is 42.0 Å². The quantitative estimate of drug-likeness (QED) is 0.575. The highest BCUT2D eigenvalue weighted by molar-refractivity contribution is 7.88. The summed E-state index contributed by atoms with van der Waals surface area (Å²) in [5.74, 6) is -0.715. The van der Waals surface area contributed by atoms with Crippen molar-refractivity contribution in [1.29, 1.82) is 5.26 Å². The summed E-state index contributed by atoms with van der Waals surface area (Å²) in [4.78, 5) is 27.9. The van der Waals surface area contributed by atoms with Crippen LogP contribution in [0.2, 0.25) is 5.02 Å². The van der Waals surface area contributed by atoms with Crippen molar-refractivity contribution in [3.05, 3.63) is 57.9 Å². The van der Waals surface area contributed by atoms with Gasteiger partial charge in [0.2, 0.25) is 0 Å². The van der Waals surface area contributed by atoms with Gasteiger partial charge in [0.05, 0.1) is 21.7 Å². The van der Waals surface area contributed by atoms with Crippen LogP contribution >= 0.6 is 11.6 Å². The number of hydrogen-bond acceptors (Lipinski definition) is 5. The molecule has 1 aliphatic carbocycles. The molecule has 1 unspecified atom stereocenters. The highest BCUT2D eigenvalue weighted by atomic mass is 35.5. The average Bonchev–Trinajstić information content (AvgIpc) is 3.51. The highest BCUT2D eigenvalue weighted by Gasteiger charge is 2.55. The third kappa shape index (κ3) is 4.50. The number of benzene rings is 1. The van der Waals surface area contributed by atoms with E-state index in [4.69, 9.17) is 11.6 Å². The molecule has 8 nitrogen and oxygen atoms in total. The topological polar surface area (TPSA) is 115 Å². The molecule has 2 heterocycles. The minimum absolute atomic E-state index is 0.146. The third-order valence-electron chi connectivity index (χ3n) is 6.46. The van der Waals surface area contributed by atoms with Crippen molar-refractivity contribution in [2.45, 2.75) is 49.3 Å². The molecule has 1 saturated carbocycles. The Kier molecular flexibility index (Phi) is 6.60. The van der Waals surface area contributed by atoms with Crippen LogP contribution in [0.3, 0.4) is 0 Å². The van der Waals surface area contributed by atoms with Crippen molar-refractivity contribution in [1.82, 2.24) is 14.8 Å². The van der Waals surface area contributed by atoms with Crippen LogP contribution in [-0.4, -0.2) is 59.8 Å². The molecule has 2 N–H and O–H groups in total. The maximum Gasteiger partial charge on any atom is 0.271 e. The van der Waals surface area contributed by atoms with Crippen LogP contribution in [0.5, 0.6) is 0 Å². The molecular formula is C24H27ClN4O4S. The molecular weight excluding hydrogens is 476 g/mol. The SMILES string of the molecule is CC(C)(CO)S(=O)C1(CN2CCn3c(C(=O)NCc4ccc(Cl)cc4)cc(C#N)c3C2=O)CC1. The first-order chi connectivity index (χ1) is 16.1. The number of fused-ring (bicyclic) bond motifs is 1. The zero-order valence-electron chi connectivity index (χ0n) is 19.1. The zero-order chi connectivity index (χ0) is 24.7. The van der Waals surface area contributed by atoms with Gasteiger partial charge in [-0.25, -0.2) is 0 Å². The normalized spacial score (nSPS) is 17.6. The molecule has 2 amide bonds. The molecule has 0 bridgehead atoms. The Morgan fingerprint density at radius 2 is 1.97 bits per heavy atom. The standard InChI is InChI=1S/C24H27ClN4O4S/c1-23(2,15-30)34(33)24(7-8-24)14-28-9-10-29-19(11-17(12-26)20(29)22(28)32)21(31)27-13-16-3-5-18(25)6-4-16/h3-6,11,30H,7-10,13-15H2,1-2H3,(H,27,31). The van der Waals surface area contributed by atoms with Crippen LogP contribution in [0.25, 0.3) is 0 Å². The summed E-state index contributed by atoms with van der Waals surface area (Å²) in [6.45, 7) is 4.61. The lowest BCUT2D eigenvalue weighted by molar-refractivity contribution is 0.0698. The number of aliphatic hydroxyl groups is 1. The molecule has 34 heavy (non-hydrogen) atoms. The maximum absolute atomic E-state index is 13.4. The van der Waals surface area contributed by atoms with Crippen molar-refractivity contribution in [2.24, 2.45) is 0 Å². The first-order valence-electron chi connectivity index (χ1n) is 11.1. The van der Waals surface area contributed by atoms with Gasteiger partial charge in [-0.2, -0.15) is 5.26 Å². The van der Waals surface area contributed by atoms with Crippen molar-refractivity contribution in [3.63, 3.8) is 0 Å². The number of halogens is 1. The first-order valence-corrected chi connectivity index (χ1v) is 12.6. The number of nitrogens with one attached hydrogen (secondary N) is 1. The van der Waals surface area contributed by atoms with Crippen molar-refractivity contribution in [3.8, 4) is 6.07 Å². The Morgan fingerprint density at radius 1 is 1.29 bits per heavy atom. The summed E-state index contributed by atoms with van der Waals surface area (Å²) in [6.07, 6.45) is 1.44. The summed E-state index contributed by atoms with van der Waals surface area (Å²) >= 11 is 5.90. The average molecular weight is 503 g/mol. The summed E-state index contributed by atoms with van der Waals surface area (Å²) in [7, 11) is -1.32. The molecule has 4 rings (SSSR count). The summed E-state index contributed by atoms with van der Waals surface area (Å²) in [6, 6.07) is 10.6. The number of hydrogen-bond donors (Lipinski definition) is 2. The molecule has 1 fully saturated rings. The van der Waals surface area contributed by atoms with E-state index in [2.05, 4.69) is 5.32 Å². The van der Waals surface area contributed by atoms with E-state index in [1.165, 1.54) is 6.07 Å². The molecule has 2 aromatic rings. The lowest BCUT2D eigenvalue weighted by Gasteiger charge is -2.34. The van der Waals surface area contributed by atoms with Gasteiger partial charge in [0.15, 0.2) is 0 Å². The number of carbonyl (C=O) groups is 2. The van der Waals surface area contributed by atoms with Crippen LogP contribution in [-0.2, 0) is 23.9 Å². The van der Waals surface area contributed by atoms with E-state index in [-0.39, 0.29) is 41.9 Å². The van der Waals surface area contributed by atoms with Gasteiger partial charge in [-0.3, -0.25) is 13.8 Å². The fourth-order valence-electron chi connectivity index (χ4n) is 4.32. The number of nitriles is 1. The Balaban J connectivity index is 1.52. The fraction of sp³-hybridized carbons (Fsp3) is 0.458. The van der Waals surface area contributed by atoms with Gasteiger partial charge in [0.25, 0.3) is 11.8 Å². The zero-order valence-corrected chi connectivity index (χ0v) is 20.7. The predicted molar refractivity (Wildman–Crippen MR) is 129 cm³/mol. The number of amides is 2. The predicted octanol–water partition coefficient (Wildman–Crippen LogP) is 2.45. The van der Waals surface area contributed by atoms with Crippen LogP contribution in [0, 0.1) is 11.3 Å². The van der Waals surface area contributed by atoms with E-state index in [0.29, 0.717) is 24.7 Å². The van der Waals surface area contributed by atoms with Gasteiger partial charge in [-0.1, -0.05) is 23.7 Å². The van der Waals surface area contributed by atoms with Crippen LogP contribution in [0.15, 0.2) is 30.3 Å². The van der Waals surface area contributed by atoms with Gasteiger partial charge in [0.1, 0.15) is 17.5 Å². The third-order valence-corrected chi connectivity index (χ3v) is 9.17. The maximum atomic E-state index is 13.4. The van der Waals surface area contributed by atoms with E-state index in [0.717, 1.165) is 18.4 Å². The van der Waals surface area contributed by atoms with Gasteiger partial charge >= 0.3 is 0 Å². The molecule has 0 saturated heterocycles. The lowest BCUT2D eigenvalue weighted by Crippen LogP contribution is -2.49. The monoisotopic (exact) mass is 502 g/mol. The summed E-state index contributed by atoms with van der Waals surface area (Å²) in [5, 5.41) is 22.7. The lowest BCUT2D eigenvalue weighted by atomic mass is 10.2. The highest BCUT2D eigenvalue weighted by Crippen LogP contribution is 2.46.